The molecule has 1 aromatic rings. The summed E-state index contributed by atoms with van der Waals surface area (Å²) in [5, 5.41) is 35.8. The number of aromatic hydroxyl groups is 1. The predicted molar refractivity (Wildman–Crippen MR) is 166 cm³/mol. The van der Waals surface area contributed by atoms with Gasteiger partial charge in [0.25, 0.3) is 0 Å². The van der Waals surface area contributed by atoms with E-state index in [-0.39, 0.29) is 40.7 Å². The maximum atomic E-state index is 14.6. The summed E-state index contributed by atoms with van der Waals surface area (Å²) >= 11 is 0. The Kier molecular flexibility index (Phi) is 7.45. The summed E-state index contributed by atoms with van der Waals surface area (Å²) < 4.78 is 0. The van der Waals surface area contributed by atoms with Gasteiger partial charge in [0.1, 0.15) is 11.5 Å². The molecular formula is C37H44O6. The third kappa shape index (κ3) is 4.30. The molecule has 4 aliphatic rings. The lowest BCUT2D eigenvalue weighted by molar-refractivity contribution is -0.180. The van der Waals surface area contributed by atoms with Crippen molar-refractivity contribution in [2.24, 2.45) is 22.7 Å². The molecule has 0 bridgehead atoms. The molecule has 4 aliphatic carbocycles. The number of aliphatic hydroxyl groups is 2. The number of fused-ring (bicyclic) bond motifs is 3. The van der Waals surface area contributed by atoms with Crippen molar-refractivity contribution in [2.45, 2.75) is 105 Å². The van der Waals surface area contributed by atoms with E-state index in [0.29, 0.717) is 17.6 Å². The van der Waals surface area contributed by atoms with E-state index in [0.717, 1.165) is 42.4 Å². The number of phenolic OH excluding ortho intramolecular Hbond substituents is 1. The van der Waals surface area contributed by atoms with E-state index in [2.05, 4.69) is 17.9 Å². The number of Topliss-reactive ketones (excluding diaryl/α,β-unsaturated/α-hetero) is 3. The molecule has 1 aromatic carbocycles. The largest absolute Gasteiger partial charge is 0.507 e. The average molecular weight is 585 g/mol. The molecule has 0 radical (unpaired) electrons. The zero-order chi connectivity index (χ0) is 31.8. The minimum Gasteiger partial charge on any atom is -0.507 e. The first-order valence-electron chi connectivity index (χ1n) is 15.6. The fourth-order valence-electron chi connectivity index (χ4n) is 9.05. The van der Waals surface area contributed by atoms with Crippen molar-refractivity contribution in [2.75, 3.05) is 0 Å². The molecule has 0 spiro atoms. The highest BCUT2D eigenvalue weighted by molar-refractivity contribution is 6.33. The van der Waals surface area contributed by atoms with Crippen molar-refractivity contribution in [3.8, 4) is 17.6 Å². The third-order valence-electron chi connectivity index (χ3n) is 10.6. The van der Waals surface area contributed by atoms with Gasteiger partial charge in [0, 0.05) is 16.4 Å². The lowest BCUT2D eigenvalue weighted by Gasteiger charge is -2.60. The molecule has 0 unspecified atom stereocenters. The summed E-state index contributed by atoms with van der Waals surface area (Å²) in [5.41, 5.74) is -1.10. The zero-order valence-electron chi connectivity index (χ0n) is 26.7. The number of phenols is 1. The standard InChI is InChI=1S/C37H44O6/c1-19(2)25-16-24(15-14-23-12-10-9-11-13-23)31(39)28-26(25)17-35(7)18-36(8)29(20(3)4)21(5)27(22(6)38)33(41)37(36,43)34(42)30(35)32(28)40/h12,16,19-20,29,39-40,43H,9-11,13,17-18H2,1-8H3/t29-,35+,36+,37-/m1/s1. The first-order chi connectivity index (χ1) is 20.0. The van der Waals surface area contributed by atoms with Gasteiger partial charge in [-0.3, -0.25) is 14.4 Å². The van der Waals surface area contributed by atoms with Gasteiger partial charge in [-0.1, -0.05) is 65.0 Å². The first-order valence-corrected chi connectivity index (χ1v) is 15.6. The van der Waals surface area contributed by atoms with Gasteiger partial charge in [0.2, 0.25) is 11.6 Å². The third-order valence-corrected chi connectivity index (χ3v) is 10.6. The van der Waals surface area contributed by atoms with Crippen LogP contribution in [0.3, 0.4) is 0 Å². The summed E-state index contributed by atoms with van der Waals surface area (Å²) in [6.07, 6.45) is 6.75. The number of hydrogen-bond donors (Lipinski definition) is 3. The smallest absolute Gasteiger partial charge is 0.206 e. The second-order valence-electron chi connectivity index (χ2n) is 14.4. The van der Waals surface area contributed by atoms with Gasteiger partial charge >= 0.3 is 0 Å². The number of carbonyl (C=O) groups is 3. The van der Waals surface area contributed by atoms with Gasteiger partial charge in [0.15, 0.2) is 11.4 Å². The van der Waals surface area contributed by atoms with Gasteiger partial charge < -0.3 is 15.3 Å². The molecule has 3 N–H and O–H groups in total. The van der Waals surface area contributed by atoms with Gasteiger partial charge in [-0.15, -0.1) is 0 Å². The van der Waals surface area contributed by atoms with Crippen LogP contribution in [0.4, 0.5) is 0 Å². The minimum absolute atomic E-state index is 0.0385. The van der Waals surface area contributed by atoms with E-state index in [1.54, 1.807) is 13.8 Å². The van der Waals surface area contributed by atoms with E-state index in [4.69, 9.17) is 0 Å². The van der Waals surface area contributed by atoms with E-state index in [9.17, 15) is 29.7 Å². The lowest BCUT2D eigenvalue weighted by Crippen LogP contribution is -2.70. The Bertz CT molecular complexity index is 1620. The highest BCUT2D eigenvalue weighted by Gasteiger charge is 2.72. The topological polar surface area (TPSA) is 112 Å². The minimum atomic E-state index is -2.54. The van der Waals surface area contributed by atoms with E-state index in [1.807, 2.05) is 40.7 Å². The number of benzene rings is 1. The predicted octanol–water partition coefficient (Wildman–Crippen LogP) is 6.67. The summed E-state index contributed by atoms with van der Waals surface area (Å²) in [7, 11) is 0. The van der Waals surface area contributed by atoms with Crippen molar-refractivity contribution in [3.63, 3.8) is 0 Å². The fraction of sp³-hybridized carbons (Fsp3) is 0.541. The molecular weight excluding hydrogens is 540 g/mol. The summed E-state index contributed by atoms with van der Waals surface area (Å²) in [4.78, 5) is 41.4. The van der Waals surface area contributed by atoms with Crippen LogP contribution in [0.1, 0.15) is 116 Å². The molecule has 228 valence electrons. The highest BCUT2D eigenvalue weighted by Crippen LogP contribution is 2.65. The van der Waals surface area contributed by atoms with Gasteiger partial charge in [0.05, 0.1) is 16.7 Å². The Morgan fingerprint density at radius 2 is 1.72 bits per heavy atom. The Morgan fingerprint density at radius 3 is 2.28 bits per heavy atom. The van der Waals surface area contributed by atoms with E-state index < -0.39 is 45.5 Å². The van der Waals surface area contributed by atoms with Crippen LogP contribution in [0.25, 0.3) is 5.76 Å². The van der Waals surface area contributed by atoms with Crippen molar-refractivity contribution < 1.29 is 29.7 Å². The molecule has 1 fully saturated rings. The fourth-order valence-corrected chi connectivity index (χ4v) is 9.05. The Balaban J connectivity index is 1.77. The number of allylic oxidation sites excluding steroid dienone is 3. The SMILES string of the molecule is CC(=O)C1=C(C)[C@@H](C(C)C)[C@]2(C)C[C@]3(C)Cc4c(C(C)C)cc(C#CC5=CCCCC5)c(O)c4C(O)=C3C(=O)[C@]2(O)C1=O. The van der Waals surface area contributed by atoms with Crippen molar-refractivity contribution in [1.82, 2.24) is 0 Å². The van der Waals surface area contributed by atoms with Crippen LogP contribution in [-0.2, 0) is 20.8 Å². The quantitative estimate of drug-likeness (QED) is 0.208. The molecule has 5 rings (SSSR count). The molecule has 0 amide bonds. The van der Waals surface area contributed by atoms with Crippen LogP contribution < -0.4 is 0 Å². The monoisotopic (exact) mass is 584 g/mol. The Morgan fingerprint density at radius 1 is 1.05 bits per heavy atom. The highest BCUT2D eigenvalue weighted by atomic mass is 16.3. The van der Waals surface area contributed by atoms with E-state index in [1.165, 1.54) is 6.92 Å². The van der Waals surface area contributed by atoms with Crippen LogP contribution in [0, 0.1) is 34.5 Å². The van der Waals surface area contributed by atoms with Crippen LogP contribution in [0.15, 0.2) is 34.4 Å². The molecule has 6 nitrogen and oxygen atoms in total. The second-order valence-corrected chi connectivity index (χ2v) is 14.4. The molecule has 0 aliphatic heterocycles. The van der Waals surface area contributed by atoms with Gasteiger partial charge in [-0.05, 0) is 92.9 Å². The lowest BCUT2D eigenvalue weighted by atomic mass is 9.42. The number of aliphatic hydroxyl groups excluding tert-OH is 1. The summed E-state index contributed by atoms with van der Waals surface area (Å²) in [5.74, 6) is 2.93. The second kappa shape index (κ2) is 10.3. The molecule has 0 saturated heterocycles. The van der Waals surface area contributed by atoms with Crippen molar-refractivity contribution in [1.29, 1.82) is 0 Å². The van der Waals surface area contributed by atoms with Gasteiger partial charge in [-0.25, -0.2) is 0 Å². The number of rotatable bonds is 3. The summed E-state index contributed by atoms with van der Waals surface area (Å²) in [6.45, 7) is 14.8. The molecule has 0 heterocycles. The van der Waals surface area contributed by atoms with Crippen LogP contribution in [0.2, 0.25) is 0 Å². The van der Waals surface area contributed by atoms with Gasteiger partial charge in [-0.2, -0.15) is 0 Å². The number of ketones is 3. The molecule has 0 aromatic heterocycles. The van der Waals surface area contributed by atoms with Crippen LogP contribution in [0.5, 0.6) is 5.75 Å². The Hall–Kier alpha value is -3.43. The van der Waals surface area contributed by atoms with Crippen LogP contribution >= 0.6 is 0 Å². The average Bonchev–Trinajstić information content (AvgIpc) is 2.90. The Labute approximate surface area is 255 Å². The molecule has 6 heteroatoms. The normalized spacial score (nSPS) is 30.5. The van der Waals surface area contributed by atoms with Crippen LogP contribution in [-0.4, -0.2) is 38.3 Å². The number of hydrogen-bond acceptors (Lipinski definition) is 6. The molecule has 1 saturated carbocycles. The van der Waals surface area contributed by atoms with Crippen molar-refractivity contribution >= 4 is 23.1 Å². The van der Waals surface area contributed by atoms with E-state index >= 15 is 0 Å². The zero-order valence-corrected chi connectivity index (χ0v) is 26.7. The maximum Gasteiger partial charge on any atom is 0.206 e. The van der Waals surface area contributed by atoms with Crippen molar-refractivity contribution in [3.05, 3.63) is 56.7 Å². The number of carbonyl (C=O) groups excluding carboxylic acids is 3. The first kappa shape index (κ1) is 31.0. The molecule has 4 atom stereocenters. The maximum absolute atomic E-state index is 14.6. The summed E-state index contributed by atoms with van der Waals surface area (Å²) in [6, 6.07) is 1.90. The molecule has 43 heavy (non-hydrogen) atoms.